The van der Waals surface area contributed by atoms with Gasteiger partial charge in [0.15, 0.2) is 0 Å². The van der Waals surface area contributed by atoms with Crippen LogP contribution in [0, 0.1) is 11.3 Å². The van der Waals surface area contributed by atoms with Gasteiger partial charge >= 0.3 is 6.09 Å². The minimum absolute atomic E-state index is 0.106. The first kappa shape index (κ1) is 31.6. The lowest BCUT2D eigenvalue weighted by Crippen LogP contribution is -2.60. The zero-order chi connectivity index (χ0) is 32.8. The van der Waals surface area contributed by atoms with Crippen molar-refractivity contribution in [3.8, 4) is 6.07 Å². The number of nitrogens with zero attached hydrogens (tertiary/aromatic N) is 6. The maximum atomic E-state index is 13.4. The van der Waals surface area contributed by atoms with Crippen LogP contribution in [0.1, 0.15) is 58.2 Å². The van der Waals surface area contributed by atoms with Crippen LogP contribution < -0.4 is 15.1 Å². The van der Waals surface area contributed by atoms with E-state index in [0.29, 0.717) is 30.7 Å². The first-order valence-electron chi connectivity index (χ1n) is 16.3. The van der Waals surface area contributed by atoms with E-state index in [1.54, 1.807) is 40.8 Å². The maximum absolute atomic E-state index is 13.4. The first-order valence-corrected chi connectivity index (χ1v) is 16.3. The number of amides is 2. The Balaban J connectivity index is 1.12. The standard InChI is InChI=1S/C36H45N7O3/c1-24-21-42(31-12-10-25(20-37)32-30(31)8-7-13-38-32)23-29-19-27-18-28(11-9-26(27)22-43(24)29)40-14-16-41(17-15-40)33(44)36(5,6)39-34(45)46-35(2,3)4/h7-13,18,24,29H,14-17,19,21-23H2,1-6H3,(H,39,45)/t24-,29+/m1/s1. The van der Waals surface area contributed by atoms with Crippen LogP contribution >= 0.6 is 0 Å². The molecule has 0 unspecified atom stereocenters. The second kappa shape index (κ2) is 12.1. The molecule has 10 heteroatoms. The number of ether oxygens (including phenoxy) is 1. The van der Waals surface area contributed by atoms with Crippen LogP contribution in [-0.2, 0) is 22.5 Å². The third-order valence-corrected chi connectivity index (χ3v) is 9.44. The molecule has 6 rings (SSSR count). The molecule has 2 fully saturated rings. The minimum atomic E-state index is -1.06. The summed E-state index contributed by atoms with van der Waals surface area (Å²) in [5, 5.41) is 13.4. The minimum Gasteiger partial charge on any atom is -0.444 e. The van der Waals surface area contributed by atoms with Gasteiger partial charge in [0, 0.05) is 80.9 Å². The number of hydrogen-bond donors (Lipinski definition) is 1. The molecule has 10 nitrogen and oxygen atoms in total. The van der Waals surface area contributed by atoms with Gasteiger partial charge < -0.3 is 24.8 Å². The highest BCUT2D eigenvalue weighted by Crippen LogP contribution is 2.35. The fourth-order valence-corrected chi connectivity index (χ4v) is 7.18. The van der Waals surface area contributed by atoms with Crippen molar-refractivity contribution >= 4 is 34.3 Å². The molecule has 2 amide bonds. The van der Waals surface area contributed by atoms with Crippen molar-refractivity contribution in [2.45, 2.75) is 77.7 Å². The molecule has 3 aromatic rings. The van der Waals surface area contributed by atoms with E-state index in [-0.39, 0.29) is 5.91 Å². The van der Waals surface area contributed by atoms with Gasteiger partial charge in [0.2, 0.25) is 5.91 Å². The summed E-state index contributed by atoms with van der Waals surface area (Å²) in [5.74, 6) is -0.106. The van der Waals surface area contributed by atoms with Gasteiger partial charge in [-0.15, -0.1) is 0 Å². The summed E-state index contributed by atoms with van der Waals surface area (Å²) >= 11 is 0. The molecule has 0 bridgehead atoms. The first-order chi connectivity index (χ1) is 21.8. The number of benzene rings is 2. The average Bonchev–Trinajstić information content (AvgIpc) is 3.01. The van der Waals surface area contributed by atoms with Crippen LogP contribution in [0.25, 0.3) is 10.9 Å². The van der Waals surface area contributed by atoms with E-state index in [1.165, 1.54) is 16.8 Å². The lowest BCUT2D eigenvalue weighted by atomic mass is 9.89. The summed E-state index contributed by atoms with van der Waals surface area (Å²) in [5.41, 5.74) is 4.79. The fraction of sp³-hybridized carbons (Fsp3) is 0.500. The molecular weight excluding hydrogens is 578 g/mol. The number of alkyl carbamates (subject to hydrolysis) is 1. The van der Waals surface area contributed by atoms with Crippen molar-refractivity contribution in [1.29, 1.82) is 5.26 Å². The van der Waals surface area contributed by atoms with Crippen molar-refractivity contribution in [1.82, 2.24) is 20.1 Å². The highest BCUT2D eigenvalue weighted by atomic mass is 16.6. The van der Waals surface area contributed by atoms with E-state index in [4.69, 9.17) is 4.74 Å². The Morgan fingerprint density at radius 3 is 2.46 bits per heavy atom. The number of fused-ring (bicyclic) bond motifs is 3. The predicted octanol–water partition coefficient (Wildman–Crippen LogP) is 4.69. The summed E-state index contributed by atoms with van der Waals surface area (Å²) in [6.45, 7) is 16.6. The second-order valence-electron chi connectivity index (χ2n) is 14.4. The molecule has 0 spiro atoms. The number of rotatable bonds is 4. The summed E-state index contributed by atoms with van der Waals surface area (Å²) in [6.07, 6.45) is 2.14. The number of aromatic nitrogens is 1. The van der Waals surface area contributed by atoms with Gasteiger partial charge in [-0.1, -0.05) is 6.07 Å². The van der Waals surface area contributed by atoms with Gasteiger partial charge in [-0.25, -0.2) is 4.79 Å². The molecule has 0 radical (unpaired) electrons. The van der Waals surface area contributed by atoms with Crippen LogP contribution in [0.4, 0.5) is 16.2 Å². The summed E-state index contributed by atoms with van der Waals surface area (Å²) in [4.78, 5) is 39.6. The monoisotopic (exact) mass is 623 g/mol. The van der Waals surface area contributed by atoms with Crippen LogP contribution in [0.15, 0.2) is 48.7 Å². The van der Waals surface area contributed by atoms with Crippen LogP contribution in [-0.4, -0.2) is 89.3 Å². The molecular formula is C36H45N7O3. The zero-order valence-corrected chi connectivity index (χ0v) is 27.8. The van der Waals surface area contributed by atoms with Crippen molar-refractivity contribution in [2.24, 2.45) is 0 Å². The van der Waals surface area contributed by atoms with Gasteiger partial charge in [0.05, 0.1) is 11.1 Å². The lowest BCUT2D eigenvalue weighted by Gasteiger charge is -2.49. The SMILES string of the molecule is C[C@@H]1CN(c2ccc(C#N)c3ncccc23)C[C@@H]2Cc3cc(N4CCN(C(=O)C(C)(C)NC(=O)OC(C)(C)C)CC4)ccc3CN21. The smallest absolute Gasteiger partial charge is 0.408 e. The van der Waals surface area contributed by atoms with Crippen molar-refractivity contribution < 1.29 is 14.3 Å². The van der Waals surface area contributed by atoms with Crippen LogP contribution in [0.5, 0.6) is 0 Å². The third kappa shape index (κ3) is 6.34. The average molecular weight is 624 g/mol. The number of nitrogens with one attached hydrogen (secondary N) is 1. The number of pyridine rings is 1. The van der Waals surface area contributed by atoms with Gasteiger partial charge in [-0.2, -0.15) is 5.26 Å². The number of nitriles is 1. The number of carbonyl (C=O) groups is 2. The summed E-state index contributed by atoms with van der Waals surface area (Å²) < 4.78 is 5.38. The Hall–Kier alpha value is -4.36. The second-order valence-corrected chi connectivity index (χ2v) is 14.4. The molecule has 242 valence electrons. The Bertz CT molecular complexity index is 1680. The van der Waals surface area contributed by atoms with E-state index >= 15 is 0 Å². The topological polar surface area (TPSA) is 105 Å². The summed E-state index contributed by atoms with van der Waals surface area (Å²) in [7, 11) is 0. The van der Waals surface area contributed by atoms with Gasteiger partial charge in [0.1, 0.15) is 17.2 Å². The maximum Gasteiger partial charge on any atom is 0.408 e. The number of hydrogen-bond acceptors (Lipinski definition) is 8. The van der Waals surface area contributed by atoms with Crippen molar-refractivity contribution in [3.05, 3.63) is 65.4 Å². The number of piperazine rings is 2. The van der Waals surface area contributed by atoms with Crippen molar-refractivity contribution in [3.63, 3.8) is 0 Å². The van der Waals surface area contributed by atoms with Crippen LogP contribution in [0.3, 0.4) is 0 Å². The quantitative estimate of drug-likeness (QED) is 0.446. The lowest BCUT2D eigenvalue weighted by molar-refractivity contribution is -0.137. The highest BCUT2D eigenvalue weighted by molar-refractivity contribution is 5.95. The fourth-order valence-electron chi connectivity index (χ4n) is 7.18. The normalized spacial score (nSPS) is 20.5. The van der Waals surface area contributed by atoms with Gasteiger partial charge in [0.25, 0.3) is 0 Å². The molecule has 4 heterocycles. The molecule has 46 heavy (non-hydrogen) atoms. The Morgan fingerprint density at radius 1 is 0.978 bits per heavy atom. The van der Waals surface area contributed by atoms with Crippen LogP contribution in [0.2, 0.25) is 0 Å². The van der Waals surface area contributed by atoms with E-state index in [1.807, 2.05) is 17.0 Å². The largest absolute Gasteiger partial charge is 0.444 e. The Kier molecular flexibility index (Phi) is 8.32. The predicted molar refractivity (Wildman–Crippen MR) is 180 cm³/mol. The van der Waals surface area contributed by atoms with E-state index in [2.05, 4.69) is 68.3 Å². The molecule has 2 saturated heterocycles. The van der Waals surface area contributed by atoms with E-state index in [9.17, 15) is 14.9 Å². The molecule has 1 N–H and O–H groups in total. The number of carbonyl (C=O) groups excluding carboxylic acids is 2. The summed E-state index contributed by atoms with van der Waals surface area (Å²) in [6, 6.07) is 17.9. The molecule has 0 aliphatic carbocycles. The Morgan fingerprint density at radius 2 is 1.74 bits per heavy atom. The molecule has 3 aliphatic rings. The highest BCUT2D eigenvalue weighted by Gasteiger charge is 2.38. The molecule has 1 aromatic heterocycles. The van der Waals surface area contributed by atoms with E-state index in [0.717, 1.165) is 55.7 Å². The molecule has 0 saturated carbocycles. The van der Waals surface area contributed by atoms with E-state index < -0.39 is 17.2 Å². The molecule has 3 aliphatic heterocycles. The zero-order valence-electron chi connectivity index (χ0n) is 27.8. The van der Waals surface area contributed by atoms with Gasteiger partial charge in [-0.05, 0) is 95.5 Å². The van der Waals surface area contributed by atoms with Crippen molar-refractivity contribution in [2.75, 3.05) is 49.1 Å². The number of anilines is 2. The molecule has 2 atom stereocenters. The van der Waals surface area contributed by atoms with Gasteiger partial charge in [-0.3, -0.25) is 14.7 Å². The third-order valence-electron chi connectivity index (χ3n) is 9.44. The molecule has 2 aromatic carbocycles. The Labute approximate surface area is 271 Å².